The number of alkyl halides is 4. The molecule has 2 atom stereocenters. The summed E-state index contributed by atoms with van der Waals surface area (Å²) in [4.78, 5) is 20.4. The molecule has 3 aromatic heterocycles. The van der Waals surface area contributed by atoms with Gasteiger partial charge in [-0.2, -0.15) is 13.2 Å². The van der Waals surface area contributed by atoms with Crippen molar-refractivity contribution in [2.45, 2.75) is 24.8 Å². The van der Waals surface area contributed by atoms with Gasteiger partial charge >= 0.3 is 6.18 Å². The van der Waals surface area contributed by atoms with E-state index in [2.05, 4.69) is 43.1 Å². The van der Waals surface area contributed by atoms with Crippen molar-refractivity contribution < 1.29 is 27.1 Å². The summed E-state index contributed by atoms with van der Waals surface area (Å²) in [6, 6.07) is 5.74. The van der Waals surface area contributed by atoms with Crippen LogP contribution in [-0.4, -0.2) is 72.5 Å². The first-order valence-corrected chi connectivity index (χ1v) is 11.4. The van der Waals surface area contributed by atoms with Crippen molar-refractivity contribution in [3.63, 3.8) is 0 Å². The van der Waals surface area contributed by atoms with Crippen molar-refractivity contribution in [2.24, 2.45) is 0 Å². The molecule has 0 aliphatic carbocycles. The molecule has 196 valence electrons. The number of halogens is 4. The average molecular weight is 520 g/mol. The number of aromatic nitrogens is 3. The molecule has 0 aromatic carbocycles. The van der Waals surface area contributed by atoms with E-state index in [9.17, 15) is 22.4 Å². The Balaban J connectivity index is 1.62. The molecule has 4 N–H and O–H groups in total. The third kappa shape index (κ3) is 6.03. The van der Waals surface area contributed by atoms with E-state index in [0.717, 1.165) is 0 Å². The lowest BCUT2D eigenvalue weighted by atomic mass is 10.2. The molecular weight excluding hydrogens is 494 g/mol. The molecule has 0 spiro atoms. The Morgan fingerprint density at radius 3 is 2.76 bits per heavy atom. The Kier molecular flexibility index (Phi) is 7.68. The smallest absolute Gasteiger partial charge is 0.394 e. The van der Waals surface area contributed by atoms with Crippen LogP contribution in [0.25, 0.3) is 5.65 Å². The number of nitrogens with one attached hydrogen (secondary N) is 4. The van der Waals surface area contributed by atoms with Gasteiger partial charge in [-0.3, -0.25) is 4.79 Å². The minimum atomic E-state index is -4.49. The number of rotatable bonds is 7. The summed E-state index contributed by atoms with van der Waals surface area (Å²) >= 11 is 0. The first-order chi connectivity index (χ1) is 17.7. The number of ether oxygens (including phenoxy) is 1. The maximum absolute atomic E-state index is 14.1. The number of amides is 1. The van der Waals surface area contributed by atoms with Gasteiger partial charge in [-0.25, -0.2) is 14.4 Å². The number of methoxy groups -OCH3 is 1. The minimum Gasteiger partial charge on any atom is -0.493 e. The maximum Gasteiger partial charge on any atom is 0.394 e. The number of carbonyl (C=O) groups is 1. The van der Waals surface area contributed by atoms with Gasteiger partial charge in [-0.1, -0.05) is 5.92 Å². The summed E-state index contributed by atoms with van der Waals surface area (Å²) in [5.41, 5.74) is 0.610. The summed E-state index contributed by atoms with van der Waals surface area (Å²) in [5, 5.41) is 11.4. The number of nitrogens with zero attached hydrogens (tertiary/aromatic N) is 3. The summed E-state index contributed by atoms with van der Waals surface area (Å²) in [7, 11) is 2.91. The Bertz CT molecular complexity index is 1350. The molecule has 3 aromatic rings. The molecule has 1 fully saturated rings. The molecule has 1 aliphatic rings. The van der Waals surface area contributed by atoms with Gasteiger partial charge in [0.05, 0.1) is 37.5 Å². The summed E-state index contributed by atoms with van der Waals surface area (Å²) in [5.74, 6) is 5.69. The predicted octanol–water partition coefficient (Wildman–Crippen LogP) is 2.39. The van der Waals surface area contributed by atoms with Gasteiger partial charge in [0.2, 0.25) is 0 Å². The summed E-state index contributed by atoms with van der Waals surface area (Å²) in [6.45, 7) is 0.571. The van der Waals surface area contributed by atoms with Gasteiger partial charge in [-0.05, 0) is 30.2 Å². The quantitative estimate of drug-likeness (QED) is 0.281. The molecule has 1 saturated heterocycles. The molecule has 0 bridgehead atoms. The SMILES string of the molecule is CNC(=O)c1ccc(OC)c(NCC#Cc2nc3c(N[C@@H]4CNC[C@@H]4F)cccn3c2CC(F)(F)F)n1. The number of anilines is 2. The van der Waals surface area contributed by atoms with Crippen molar-refractivity contribution >= 4 is 23.1 Å². The molecule has 4 heterocycles. The second-order valence-electron chi connectivity index (χ2n) is 8.22. The number of hydrogen-bond donors (Lipinski definition) is 4. The fourth-order valence-corrected chi connectivity index (χ4v) is 3.92. The highest BCUT2D eigenvalue weighted by atomic mass is 19.4. The van der Waals surface area contributed by atoms with Gasteiger partial charge in [0.1, 0.15) is 17.6 Å². The van der Waals surface area contributed by atoms with Crippen LogP contribution in [0.15, 0.2) is 30.5 Å². The Morgan fingerprint density at radius 2 is 2.08 bits per heavy atom. The number of imidazole rings is 1. The lowest BCUT2D eigenvalue weighted by molar-refractivity contribution is -0.128. The lowest BCUT2D eigenvalue weighted by Gasteiger charge is -2.16. The van der Waals surface area contributed by atoms with E-state index in [-0.39, 0.29) is 41.6 Å². The normalized spacial score (nSPS) is 17.2. The van der Waals surface area contributed by atoms with Gasteiger partial charge in [0.15, 0.2) is 17.2 Å². The second-order valence-corrected chi connectivity index (χ2v) is 8.22. The van der Waals surface area contributed by atoms with Crippen molar-refractivity contribution in [2.75, 3.05) is 44.4 Å². The largest absolute Gasteiger partial charge is 0.493 e. The molecule has 0 radical (unpaired) electrons. The van der Waals surface area contributed by atoms with Crippen LogP contribution in [0.1, 0.15) is 21.9 Å². The molecule has 9 nitrogen and oxygen atoms in total. The third-order valence-electron chi connectivity index (χ3n) is 5.69. The zero-order chi connectivity index (χ0) is 26.6. The first-order valence-electron chi connectivity index (χ1n) is 11.4. The first kappa shape index (κ1) is 26.0. The van der Waals surface area contributed by atoms with Crippen molar-refractivity contribution in [3.05, 3.63) is 47.5 Å². The zero-order valence-corrected chi connectivity index (χ0v) is 20.0. The third-order valence-corrected chi connectivity index (χ3v) is 5.69. The van der Waals surface area contributed by atoms with Crippen LogP contribution < -0.4 is 26.0 Å². The molecule has 0 saturated carbocycles. The van der Waals surface area contributed by atoms with Crippen LogP contribution in [0.2, 0.25) is 0 Å². The van der Waals surface area contributed by atoms with Crippen LogP contribution in [0, 0.1) is 11.8 Å². The van der Waals surface area contributed by atoms with E-state index in [0.29, 0.717) is 18.0 Å². The number of hydrogen-bond acceptors (Lipinski definition) is 7. The van der Waals surface area contributed by atoms with E-state index in [1.807, 2.05) is 0 Å². The molecule has 37 heavy (non-hydrogen) atoms. The monoisotopic (exact) mass is 519 g/mol. The zero-order valence-electron chi connectivity index (χ0n) is 20.0. The Hall–Kier alpha value is -4.05. The Morgan fingerprint density at radius 1 is 1.27 bits per heavy atom. The van der Waals surface area contributed by atoms with E-state index in [1.54, 1.807) is 18.2 Å². The summed E-state index contributed by atoms with van der Waals surface area (Å²) < 4.78 is 60.9. The van der Waals surface area contributed by atoms with Crippen LogP contribution in [0.3, 0.4) is 0 Å². The molecule has 0 unspecified atom stereocenters. The maximum atomic E-state index is 14.1. The van der Waals surface area contributed by atoms with E-state index in [4.69, 9.17) is 4.74 Å². The van der Waals surface area contributed by atoms with Crippen LogP contribution in [0.5, 0.6) is 5.75 Å². The molecule has 4 rings (SSSR count). The van der Waals surface area contributed by atoms with Crippen molar-refractivity contribution in [1.29, 1.82) is 0 Å². The van der Waals surface area contributed by atoms with E-state index >= 15 is 0 Å². The average Bonchev–Trinajstić information content (AvgIpc) is 3.43. The van der Waals surface area contributed by atoms with E-state index < -0.39 is 30.7 Å². The van der Waals surface area contributed by atoms with Gasteiger partial charge in [0.25, 0.3) is 5.91 Å². The number of carbonyl (C=O) groups excluding carboxylic acids is 1. The molecule has 1 amide bonds. The highest BCUT2D eigenvalue weighted by Gasteiger charge is 2.32. The number of pyridine rings is 2. The fourth-order valence-electron chi connectivity index (χ4n) is 3.92. The molecule has 1 aliphatic heterocycles. The lowest BCUT2D eigenvalue weighted by Crippen LogP contribution is -2.29. The standard InChI is InChI=1S/C24H25F4N7O2/c1-29-23(36)17-7-8-20(37-2)21(33-17)31-9-3-5-15-19(11-24(26,27)28)35-10-4-6-16(22(35)34-15)32-18-13-30-12-14(18)25/h4,6-8,10,14,18,30,32H,9,11-13H2,1-2H3,(H,29,36)(H,31,33)/t14-,18+/m0/s1. The van der Waals surface area contributed by atoms with Gasteiger partial charge < -0.3 is 30.4 Å². The predicted molar refractivity (Wildman–Crippen MR) is 130 cm³/mol. The topological polar surface area (TPSA) is 105 Å². The minimum absolute atomic E-state index is 0.0116. The van der Waals surface area contributed by atoms with E-state index in [1.165, 1.54) is 30.8 Å². The number of fused-ring (bicyclic) bond motifs is 1. The van der Waals surface area contributed by atoms with Crippen molar-refractivity contribution in [1.82, 2.24) is 25.0 Å². The van der Waals surface area contributed by atoms with Crippen molar-refractivity contribution in [3.8, 4) is 17.6 Å². The highest BCUT2D eigenvalue weighted by molar-refractivity contribution is 5.92. The fraction of sp³-hybridized carbons (Fsp3) is 0.375. The van der Waals surface area contributed by atoms with Crippen LogP contribution in [-0.2, 0) is 6.42 Å². The molecular formula is C24H25F4N7O2. The molecule has 13 heteroatoms. The summed E-state index contributed by atoms with van der Waals surface area (Å²) in [6.07, 6.45) is -5.40. The van der Waals surface area contributed by atoms with Crippen LogP contribution >= 0.6 is 0 Å². The van der Waals surface area contributed by atoms with Gasteiger partial charge in [0, 0.05) is 26.3 Å². The van der Waals surface area contributed by atoms with Crippen LogP contribution in [0.4, 0.5) is 29.1 Å². The Labute approximate surface area is 210 Å². The second kappa shape index (κ2) is 10.9. The van der Waals surface area contributed by atoms with Gasteiger partial charge in [-0.15, -0.1) is 0 Å². The highest BCUT2D eigenvalue weighted by Crippen LogP contribution is 2.28.